The molecule has 0 spiro atoms. The lowest BCUT2D eigenvalue weighted by Gasteiger charge is -2.33. The van der Waals surface area contributed by atoms with Gasteiger partial charge in [-0.2, -0.15) is 0 Å². The zero-order valence-electron chi connectivity index (χ0n) is 22.9. The molecule has 1 aromatic heterocycles. The van der Waals surface area contributed by atoms with E-state index in [9.17, 15) is 9.59 Å². The maximum absolute atomic E-state index is 12.7. The molecule has 2 aliphatic heterocycles. The number of hydrogen-bond acceptors (Lipinski definition) is 8. The molecular formula is C25H41BN4O5S. The van der Waals surface area contributed by atoms with E-state index in [0.717, 1.165) is 35.6 Å². The van der Waals surface area contributed by atoms with Crippen molar-refractivity contribution >= 4 is 36.3 Å². The van der Waals surface area contributed by atoms with Gasteiger partial charge in [-0.15, -0.1) is 0 Å². The summed E-state index contributed by atoms with van der Waals surface area (Å²) in [4.78, 5) is 35.5. The van der Waals surface area contributed by atoms with E-state index in [-0.39, 0.29) is 5.91 Å². The Bertz CT molecular complexity index is 898. The van der Waals surface area contributed by atoms with Gasteiger partial charge < -0.3 is 24.3 Å². The summed E-state index contributed by atoms with van der Waals surface area (Å²) in [6.07, 6.45) is 5.95. The lowest BCUT2D eigenvalue weighted by atomic mass is 9.81. The average molecular weight is 521 g/mol. The van der Waals surface area contributed by atoms with Gasteiger partial charge in [0.25, 0.3) is 0 Å². The van der Waals surface area contributed by atoms with Gasteiger partial charge in [-0.25, -0.2) is 14.8 Å². The molecule has 36 heavy (non-hydrogen) atoms. The van der Waals surface area contributed by atoms with E-state index in [2.05, 4.69) is 15.3 Å². The molecule has 1 atom stereocenters. The second-order valence-corrected chi connectivity index (χ2v) is 12.7. The highest BCUT2D eigenvalue weighted by molar-refractivity contribution is 7.99. The first-order chi connectivity index (χ1) is 16.7. The number of nitrogens with zero attached hydrogens (tertiary/aromatic N) is 3. The molecule has 2 amide bonds. The van der Waals surface area contributed by atoms with Crippen LogP contribution in [-0.4, -0.2) is 75.7 Å². The average Bonchev–Trinajstić information content (AvgIpc) is 2.99. The van der Waals surface area contributed by atoms with E-state index >= 15 is 0 Å². The van der Waals surface area contributed by atoms with E-state index in [4.69, 9.17) is 14.0 Å². The molecule has 9 nitrogen and oxygen atoms in total. The minimum Gasteiger partial charge on any atom is -0.444 e. The predicted octanol–water partition coefficient (Wildman–Crippen LogP) is 3.41. The number of hydrogen-bond donors (Lipinski definition) is 1. The SMILES string of the molecule is CC(NC(=O)OC(C)(C)C)C(=O)N1CCC(CCSc2ncc(B3OC(C)(C)C(C)(C)O3)cn2)CC1. The van der Waals surface area contributed by atoms with E-state index < -0.39 is 36.1 Å². The first-order valence-electron chi connectivity index (χ1n) is 12.8. The first kappa shape index (κ1) is 28.7. The molecule has 2 fully saturated rings. The van der Waals surface area contributed by atoms with Crippen LogP contribution in [0, 0.1) is 5.92 Å². The number of alkyl carbamates (subject to hydrolysis) is 1. The van der Waals surface area contributed by atoms with Crippen LogP contribution in [0.5, 0.6) is 0 Å². The summed E-state index contributed by atoms with van der Waals surface area (Å²) in [5.41, 5.74) is -0.551. The summed E-state index contributed by atoms with van der Waals surface area (Å²) in [5, 5.41) is 3.38. The molecule has 1 unspecified atom stereocenters. The summed E-state index contributed by atoms with van der Waals surface area (Å²) >= 11 is 1.64. The number of nitrogens with one attached hydrogen (secondary N) is 1. The summed E-state index contributed by atoms with van der Waals surface area (Å²) in [7, 11) is -0.455. The first-order valence-corrected chi connectivity index (χ1v) is 13.7. The molecule has 0 aromatic carbocycles. The standard InChI is InChI=1S/C25H41BN4O5S/c1-17(29-22(32)33-23(2,3)4)20(31)30-12-9-18(10-13-30)11-14-36-21-27-15-19(16-28-21)26-34-24(5,6)25(7,8)35-26/h15-18H,9-14H2,1-8H3,(H,29,32). The molecule has 3 heterocycles. The van der Waals surface area contributed by atoms with Crippen LogP contribution in [0.25, 0.3) is 0 Å². The van der Waals surface area contributed by atoms with Crippen molar-refractivity contribution in [3.05, 3.63) is 12.4 Å². The van der Waals surface area contributed by atoms with Gasteiger partial charge in [-0.3, -0.25) is 4.79 Å². The summed E-state index contributed by atoms with van der Waals surface area (Å²) in [6.45, 7) is 16.6. The summed E-state index contributed by atoms with van der Waals surface area (Å²) in [6, 6.07) is -0.607. The number of carbonyl (C=O) groups is 2. The zero-order chi connectivity index (χ0) is 26.7. The van der Waals surface area contributed by atoms with Crippen LogP contribution in [0.1, 0.15) is 74.7 Å². The number of amides is 2. The van der Waals surface area contributed by atoms with Gasteiger partial charge in [0.1, 0.15) is 11.6 Å². The Labute approximate surface area is 220 Å². The molecule has 200 valence electrons. The molecule has 0 bridgehead atoms. The fourth-order valence-electron chi connectivity index (χ4n) is 4.08. The summed E-state index contributed by atoms with van der Waals surface area (Å²) < 4.78 is 17.4. The van der Waals surface area contributed by atoms with Crippen molar-refractivity contribution < 1.29 is 23.6 Å². The third-order valence-electron chi connectivity index (χ3n) is 6.96. The highest BCUT2D eigenvalue weighted by Crippen LogP contribution is 2.36. The lowest BCUT2D eigenvalue weighted by molar-refractivity contribution is -0.134. The second-order valence-electron chi connectivity index (χ2n) is 11.7. The van der Waals surface area contributed by atoms with Crippen LogP contribution in [0.3, 0.4) is 0 Å². The van der Waals surface area contributed by atoms with Crippen molar-refractivity contribution in [1.29, 1.82) is 0 Å². The quantitative estimate of drug-likeness (QED) is 0.332. The third-order valence-corrected chi connectivity index (χ3v) is 7.87. The molecular weight excluding hydrogens is 479 g/mol. The largest absolute Gasteiger partial charge is 0.498 e. The van der Waals surface area contributed by atoms with Crippen molar-refractivity contribution in [3.8, 4) is 0 Å². The minimum absolute atomic E-state index is 0.0656. The maximum Gasteiger partial charge on any atom is 0.498 e. The molecule has 0 aliphatic carbocycles. The van der Waals surface area contributed by atoms with Gasteiger partial charge in [0.2, 0.25) is 5.91 Å². The van der Waals surface area contributed by atoms with E-state index in [1.807, 2.05) is 32.6 Å². The zero-order valence-corrected chi connectivity index (χ0v) is 23.7. The van der Waals surface area contributed by atoms with Crippen molar-refractivity contribution in [2.75, 3.05) is 18.8 Å². The smallest absolute Gasteiger partial charge is 0.444 e. The summed E-state index contributed by atoms with van der Waals surface area (Å²) in [5.74, 6) is 1.41. The molecule has 2 saturated heterocycles. The van der Waals surface area contributed by atoms with Crippen LogP contribution in [0.2, 0.25) is 0 Å². The Hall–Kier alpha value is -1.85. The topological polar surface area (TPSA) is 103 Å². The Balaban J connectivity index is 1.37. The third kappa shape index (κ3) is 7.58. The number of likely N-dealkylation sites (tertiary alicyclic amines) is 1. The number of ether oxygens (including phenoxy) is 1. The van der Waals surface area contributed by atoms with E-state index in [1.54, 1.807) is 51.9 Å². The van der Waals surface area contributed by atoms with Crippen LogP contribution in [0.15, 0.2) is 17.6 Å². The lowest BCUT2D eigenvalue weighted by Crippen LogP contribution is -2.50. The van der Waals surface area contributed by atoms with Crippen LogP contribution in [-0.2, 0) is 18.8 Å². The normalized spacial score (nSPS) is 20.8. The van der Waals surface area contributed by atoms with E-state index in [1.165, 1.54) is 0 Å². The van der Waals surface area contributed by atoms with Crippen molar-refractivity contribution in [1.82, 2.24) is 20.2 Å². The van der Waals surface area contributed by atoms with Crippen LogP contribution >= 0.6 is 11.8 Å². The molecule has 3 rings (SSSR count). The second kappa shape index (κ2) is 11.3. The number of rotatable bonds is 7. The van der Waals surface area contributed by atoms with E-state index in [0.29, 0.717) is 19.0 Å². The van der Waals surface area contributed by atoms with Crippen LogP contribution < -0.4 is 10.8 Å². The van der Waals surface area contributed by atoms with Gasteiger partial charge in [-0.1, -0.05) is 11.8 Å². The number of thioether (sulfide) groups is 1. The van der Waals surface area contributed by atoms with Crippen molar-refractivity contribution in [2.24, 2.45) is 5.92 Å². The molecule has 1 N–H and O–H groups in total. The Morgan fingerprint density at radius 1 is 1.17 bits per heavy atom. The van der Waals surface area contributed by atoms with Gasteiger partial charge >= 0.3 is 13.2 Å². The Kier molecular flexibility index (Phi) is 8.99. The minimum atomic E-state index is -0.607. The monoisotopic (exact) mass is 520 g/mol. The van der Waals surface area contributed by atoms with Crippen molar-refractivity contribution in [2.45, 2.75) is 103 Å². The highest BCUT2D eigenvalue weighted by Gasteiger charge is 2.52. The fraction of sp³-hybridized carbons (Fsp3) is 0.760. The molecule has 0 saturated carbocycles. The Morgan fingerprint density at radius 2 is 1.72 bits per heavy atom. The number of carbonyl (C=O) groups excluding carboxylic acids is 2. The van der Waals surface area contributed by atoms with Crippen LogP contribution in [0.4, 0.5) is 4.79 Å². The predicted molar refractivity (Wildman–Crippen MR) is 141 cm³/mol. The maximum atomic E-state index is 12.7. The molecule has 2 aliphatic rings. The molecule has 0 radical (unpaired) electrons. The highest BCUT2D eigenvalue weighted by atomic mass is 32.2. The fourth-order valence-corrected chi connectivity index (χ4v) is 4.97. The van der Waals surface area contributed by atoms with Gasteiger partial charge in [0.05, 0.1) is 11.2 Å². The van der Waals surface area contributed by atoms with Gasteiger partial charge in [0, 0.05) is 36.7 Å². The molecule has 1 aromatic rings. The van der Waals surface area contributed by atoms with Gasteiger partial charge in [-0.05, 0) is 80.6 Å². The van der Waals surface area contributed by atoms with Crippen molar-refractivity contribution in [3.63, 3.8) is 0 Å². The molecule has 11 heteroatoms. The number of piperidine rings is 1. The number of aromatic nitrogens is 2. The van der Waals surface area contributed by atoms with Gasteiger partial charge in [0.15, 0.2) is 5.16 Å². The Morgan fingerprint density at radius 3 is 2.25 bits per heavy atom.